The molecule has 1 aliphatic carbocycles. The fraction of sp³-hybridized carbons (Fsp3) is 0.536. The van der Waals surface area contributed by atoms with E-state index in [4.69, 9.17) is 16.9 Å². The number of nitrogens with one attached hydrogen (secondary N) is 1. The zero-order valence-electron chi connectivity index (χ0n) is 20.8. The summed E-state index contributed by atoms with van der Waals surface area (Å²) in [7, 11) is 0. The SMILES string of the molecule is N#Cc1ccc(CN2CCC(N3CCN(c4ncc(C(=O)NC5CCCC5)cc4Cl)CC3)CC2)cc1.[HH]. The minimum atomic E-state index is -0.0711. The molecular weight excluding hydrogens is 472 g/mol. The molecule has 1 N–H and O–H groups in total. The molecule has 192 valence electrons. The number of carbonyl (C=O) groups excluding carboxylic acids is 1. The molecule has 3 fully saturated rings. The van der Waals surface area contributed by atoms with E-state index in [-0.39, 0.29) is 13.4 Å². The molecular formula is C28H37ClN6O. The first-order valence-electron chi connectivity index (χ1n) is 13.3. The van der Waals surface area contributed by atoms with Crippen molar-refractivity contribution in [3.8, 4) is 6.07 Å². The summed E-state index contributed by atoms with van der Waals surface area (Å²) in [6.45, 7) is 6.94. The first-order chi connectivity index (χ1) is 17.6. The monoisotopic (exact) mass is 508 g/mol. The van der Waals surface area contributed by atoms with Gasteiger partial charge >= 0.3 is 0 Å². The van der Waals surface area contributed by atoms with E-state index in [1.54, 1.807) is 12.3 Å². The number of likely N-dealkylation sites (tertiary alicyclic amines) is 1. The van der Waals surface area contributed by atoms with Crippen molar-refractivity contribution in [2.75, 3.05) is 44.2 Å². The van der Waals surface area contributed by atoms with Crippen LogP contribution in [-0.4, -0.2) is 72.0 Å². The van der Waals surface area contributed by atoms with Crippen LogP contribution in [0.1, 0.15) is 61.4 Å². The maximum Gasteiger partial charge on any atom is 0.253 e. The van der Waals surface area contributed by atoms with E-state index in [2.05, 4.69) is 43.2 Å². The third-order valence-corrected chi connectivity index (χ3v) is 8.23. The Morgan fingerprint density at radius 2 is 1.75 bits per heavy atom. The van der Waals surface area contributed by atoms with Crippen molar-refractivity contribution in [2.45, 2.75) is 57.2 Å². The van der Waals surface area contributed by atoms with E-state index >= 15 is 0 Å². The van der Waals surface area contributed by atoms with Gasteiger partial charge in [-0.3, -0.25) is 14.6 Å². The van der Waals surface area contributed by atoms with Crippen LogP contribution < -0.4 is 10.2 Å². The smallest absolute Gasteiger partial charge is 0.253 e. The minimum absolute atomic E-state index is 0. The molecule has 36 heavy (non-hydrogen) atoms. The number of benzene rings is 1. The van der Waals surface area contributed by atoms with Crippen LogP contribution in [-0.2, 0) is 6.54 Å². The molecule has 1 aromatic heterocycles. The summed E-state index contributed by atoms with van der Waals surface area (Å²) < 4.78 is 0. The molecule has 0 radical (unpaired) electrons. The third-order valence-electron chi connectivity index (χ3n) is 7.95. The number of anilines is 1. The van der Waals surface area contributed by atoms with Crippen molar-refractivity contribution in [3.05, 3.63) is 58.2 Å². The Kier molecular flexibility index (Phi) is 8.05. The summed E-state index contributed by atoms with van der Waals surface area (Å²) in [5.74, 6) is 0.712. The lowest BCUT2D eigenvalue weighted by Crippen LogP contribution is -2.53. The molecule has 0 bridgehead atoms. The number of piperazine rings is 1. The maximum atomic E-state index is 12.6. The average molecular weight is 509 g/mol. The number of nitrogens with zero attached hydrogens (tertiary/aromatic N) is 5. The van der Waals surface area contributed by atoms with E-state index in [9.17, 15) is 4.79 Å². The molecule has 0 unspecified atom stereocenters. The molecule has 7 nitrogen and oxygen atoms in total. The van der Waals surface area contributed by atoms with Gasteiger partial charge in [-0.15, -0.1) is 0 Å². The van der Waals surface area contributed by atoms with Gasteiger partial charge in [0, 0.05) is 52.4 Å². The average Bonchev–Trinajstić information content (AvgIpc) is 3.43. The predicted molar refractivity (Wildman–Crippen MR) is 144 cm³/mol. The Morgan fingerprint density at radius 1 is 1.06 bits per heavy atom. The van der Waals surface area contributed by atoms with E-state index in [0.29, 0.717) is 22.2 Å². The molecule has 2 aromatic rings. The fourth-order valence-electron chi connectivity index (χ4n) is 5.81. The summed E-state index contributed by atoms with van der Waals surface area (Å²) in [4.78, 5) is 24.5. The van der Waals surface area contributed by atoms with Crippen molar-refractivity contribution < 1.29 is 6.22 Å². The Hall–Kier alpha value is -2.66. The van der Waals surface area contributed by atoms with Gasteiger partial charge < -0.3 is 10.2 Å². The number of nitriles is 1. The normalized spacial score (nSPS) is 20.4. The van der Waals surface area contributed by atoms with Crippen molar-refractivity contribution in [1.29, 1.82) is 5.26 Å². The minimum Gasteiger partial charge on any atom is -0.353 e. The lowest BCUT2D eigenvalue weighted by atomic mass is 10.0. The van der Waals surface area contributed by atoms with Gasteiger partial charge in [0.25, 0.3) is 5.91 Å². The first kappa shape index (κ1) is 25.0. The van der Waals surface area contributed by atoms with E-state index in [1.807, 2.05) is 12.1 Å². The molecule has 1 amide bonds. The number of rotatable bonds is 6. The topological polar surface area (TPSA) is 75.5 Å². The molecule has 0 spiro atoms. The van der Waals surface area contributed by atoms with Crippen LogP contribution in [0, 0.1) is 11.3 Å². The van der Waals surface area contributed by atoms with Gasteiger partial charge in [0.15, 0.2) is 0 Å². The molecule has 1 saturated carbocycles. The van der Waals surface area contributed by atoms with Gasteiger partial charge in [-0.1, -0.05) is 36.6 Å². The number of halogens is 1. The fourth-order valence-corrected chi connectivity index (χ4v) is 6.10. The van der Waals surface area contributed by atoms with Crippen molar-refractivity contribution >= 4 is 23.3 Å². The van der Waals surface area contributed by atoms with Crippen molar-refractivity contribution in [3.63, 3.8) is 0 Å². The molecule has 1 aromatic carbocycles. The van der Waals surface area contributed by atoms with Crippen LogP contribution in [0.2, 0.25) is 5.02 Å². The second kappa shape index (κ2) is 11.6. The molecule has 3 aliphatic rings. The Balaban J connectivity index is 0.00000320. The van der Waals surface area contributed by atoms with Gasteiger partial charge in [0.05, 0.1) is 22.2 Å². The Morgan fingerprint density at radius 3 is 2.39 bits per heavy atom. The van der Waals surface area contributed by atoms with Gasteiger partial charge in [-0.2, -0.15) is 5.26 Å². The number of hydrogen-bond acceptors (Lipinski definition) is 6. The van der Waals surface area contributed by atoms with Crippen LogP contribution >= 0.6 is 11.6 Å². The summed E-state index contributed by atoms with van der Waals surface area (Å²) in [5, 5.41) is 12.6. The number of amides is 1. The Bertz CT molecular complexity index is 1080. The highest BCUT2D eigenvalue weighted by Gasteiger charge is 2.29. The standard InChI is InChI=1S/C28H35ClN6O.H2/c29-26-17-23(28(36)32-24-3-1-2-4-24)19-31-27(26)35-15-13-34(14-16-35)25-9-11-33(12-10-25)20-22-7-5-21(18-30)6-8-22;/h5-8,17,19,24-25H,1-4,9-16,20H2,(H,32,36);1H. The van der Waals surface area contributed by atoms with E-state index in [0.717, 1.165) is 64.5 Å². The van der Waals surface area contributed by atoms with Crippen molar-refractivity contribution in [2.24, 2.45) is 0 Å². The van der Waals surface area contributed by atoms with Crippen molar-refractivity contribution in [1.82, 2.24) is 20.1 Å². The van der Waals surface area contributed by atoms with Crippen LogP contribution in [0.3, 0.4) is 0 Å². The molecule has 2 aliphatic heterocycles. The van der Waals surface area contributed by atoms with E-state index in [1.165, 1.54) is 31.2 Å². The largest absolute Gasteiger partial charge is 0.353 e. The highest BCUT2D eigenvalue weighted by molar-refractivity contribution is 6.33. The second-order valence-electron chi connectivity index (χ2n) is 10.3. The second-order valence-corrected chi connectivity index (χ2v) is 10.7. The van der Waals surface area contributed by atoms with Crippen LogP contribution in [0.5, 0.6) is 0 Å². The zero-order valence-corrected chi connectivity index (χ0v) is 21.6. The van der Waals surface area contributed by atoms with Gasteiger partial charge in [-0.25, -0.2) is 4.98 Å². The summed E-state index contributed by atoms with van der Waals surface area (Å²) in [6.07, 6.45) is 8.53. The third kappa shape index (κ3) is 6.00. The summed E-state index contributed by atoms with van der Waals surface area (Å²) in [5.41, 5.74) is 2.53. The van der Waals surface area contributed by atoms with Gasteiger partial charge in [0.1, 0.15) is 5.82 Å². The first-order valence-corrected chi connectivity index (χ1v) is 13.6. The molecule has 0 atom stereocenters. The number of piperidine rings is 1. The predicted octanol–water partition coefficient (Wildman–Crippen LogP) is 4.31. The lowest BCUT2D eigenvalue weighted by molar-refractivity contribution is 0.0937. The number of carbonyl (C=O) groups is 1. The molecule has 3 heterocycles. The molecule has 5 rings (SSSR count). The molecule has 8 heteroatoms. The highest BCUT2D eigenvalue weighted by atomic mass is 35.5. The zero-order chi connectivity index (χ0) is 24.9. The quantitative estimate of drug-likeness (QED) is 0.626. The van der Waals surface area contributed by atoms with E-state index < -0.39 is 0 Å². The number of aromatic nitrogens is 1. The van der Waals surface area contributed by atoms with Gasteiger partial charge in [-0.05, 0) is 62.5 Å². The number of pyridine rings is 1. The van der Waals surface area contributed by atoms with Gasteiger partial charge in [0.2, 0.25) is 0 Å². The van der Waals surface area contributed by atoms with Crippen LogP contribution in [0.4, 0.5) is 5.82 Å². The highest BCUT2D eigenvalue weighted by Crippen LogP contribution is 2.27. The summed E-state index contributed by atoms with van der Waals surface area (Å²) in [6, 6.07) is 12.8. The van der Waals surface area contributed by atoms with Crippen LogP contribution in [0.25, 0.3) is 0 Å². The van der Waals surface area contributed by atoms with Crippen LogP contribution in [0.15, 0.2) is 36.5 Å². The Labute approximate surface area is 220 Å². The lowest BCUT2D eigenvalue weighted by Gasteiger charge is -2.43. The molecule has 2 saturated heterocycles. The maximum absolute atomic E-state index is 12.6. The number of hydrogen-bond donors (Lipinski definition) is 1. The summed E-state index contributed by atoms with van der Waals surface area (Å²) >= 11 is 6.59.